The molecule has 94 valence electrons. The van der Waals surface area contributed by atoms with Gasteiger partial charge in [-0.25, -0.2) is 0 Å². The second-order valence-electron chi connectivity index (χ2n) is 5.04. The van der Waals surface area contributed by atoms with Gasteiger partial charge in [-0.15, -0.1) is 0 Å². The van der Waals surface area contributed by atoms with Gasteiger partial charge in [0.25, 0.3) is 0 Å². The van der Waals surface area contributed by atoms with Gasteiger partial charge in [0.15, 0.2) is 0 Å². The molecule has 0 fully saturated rings. The Kier molecular flexibility index (Phi) is 4.15. The number of rotatable bonds is 5. The molecule has 0 saturated heterocycles. The molecule has 0 aromatic heterocycles. The van der Waals surface area contributed by atoms with Crippen molar-refractivity contribution in [3.05, 3.63) is 34.9 Å². The van der Waals surface area contributed by atoms with E-state index in [0.717, 1.165) is 6.54 Å². The molecule has 1 aliphatic rings. The van der Waals surface area contributed by atoms with Crippen LogP contribution in [-0.2, 0) is 19.4 Å². The first-order chi connectivity index (χ1) is 8.19. The van der Waals surface area contributed by atoms with Gasteiger partial charge in [-0.1, -0.05) is 18.2 Å². The molecule has 1 atom stereocenters. The van der Waals surface area contributed by atoms with E-state index in [2.05, 4.69) is 23.1 Å². The fourth-order valence-corrected chi connectivity index (χ4v) is 2.53. The fourth-order valence-electron chi connectivity index (χ4n) is 2.53. The molecular formula is C14H22N2O. The van der Waals surface area contributed by atoms with Crippen molar-refractivity contribution < 1.29 is 5.11 Å². The van der Waals surface area contributed by atoms with Crippen molar-refractivity contribution in [1.82, 2.24) is 4.90 Å². The Hall–Kier alpha value is -0.900. The highest BCUT2D eigenvalue weighted by Crippen LogP contribution is 2.23. The van der Waals surface area contributed by atoms with Gasteiger partial charge in [0.1, 0.15) is 0 Å². The van der Waals surface area contributed by atoms with Gasteiger partial charge in [-0.3, -0.25) is 4.90 Å². The van der Waals surface area contributed by atoms with Crippen LogP contribution in [0.15, 0.2) is 18.2 Å². The molecule has 2 rings (SSSR count). The Morgan fingerprint density at radius 1 is 1.35 bits per heavy atom. The van der Waals surface area contributed by atoms with Crippen LogP contribution in [0.25, 0.3) is 0 Å². The number of aliphatic hydroxyl groups excluding tert-OH is 1. The maximum absolute atomic E-state index is 9.49. The molecule has 0 amide bonds. The van der Waals surface area contributed by atoms with E-state index in [1.165, 1.54) is 36.0 Å². The molecule has 3 heteroatoms. The van der Waals surface area contributed by atoms with Crippen LogP contribution in [-0.4, -0.2) is 36.2 Å². The first-order valence-corrected chi connectivity index (χ1v) is 6.36. The fraction of sp³-hybridized carbons (Fsp3) is 0.571. The zero-order valence-corrected chi connectivity index (χ0v) is 10.5. The number of aliphatic hydroxyl groups is 1. The average Bonchev–Trinajstić information content (AvgIpc) is 2.75. The largest absolute Gasteiger partial charge is 0.390 e. The zero-order chi connectivity index (χ0) is 12.3. The highest BCUT2D eigenvalue weighted by Gasteiger charge is 2.12. The van der Waals surface area contributed by atoms with E-state index in [1.807, 2.05) is 7.05 Å². The van der Waals surface area contributed by atoms with Crippen LogP contribution < -0.4 is 5.73 Å². The lowest BCUT2D eigenvalue weighted by Gasteiger charge is -2.20. The lowest BCUT2D eigenvalue weighted by atomic mass is 10.1. The standard InChI is InChI=1S/C14H22N2O/c1-16(10-14(17)8-15)9-11-5-6-12-3-2-4-13(12)7-11/h5-7,14,17H,2-4,8-10,15H2,1H3. The molecule has 1 aromatic rings. The number of nitrogens with zero attached hydrogens (tertiary/aromatic N) is 1. The lowest BCUT2D eigenvalue weighted by Crippen LogP contribution is -2.33. The molecule has 0 aliphatic heterocycles. The summed E-state index contributed by atoms with van der Waals surface area (Å²) in [7, 11) is 2.02. The summed E-state index contributed by atoms with van der Waals surface area (Å²) in [5.41, 5.74) is 9.76. The number of likely N-dealkylation sites (N-methyl/N-ethyl adjacent to an activating group) is 1. The molecule has 0 saturated carbocycles. The topological polar surface area (TPSA) is 49.5 Å². The lowest BCUT2D eigenvalue weighted by molar-refractivity contribution is 0.129. The van der Waals surface area contributed by atoms with Gasteiger partial charge in [-0.05, 0) is 43.0 Å². The number of nitrogens with two attached hydrogens (primary N) is 1. The van der Waals surface area contributed by atoms with E-state index in [0.29, 0.717) is 13.1 Å². The third kappa shape index (κ3) is 3.28. The van der Waals surface area contributed by atoms with Crippen LogP contribution in [0.3, 0.4) is 0 Å². The zero-order valence-electron chi connectivity index (χ0n) is 10.5. The Bertz CT molecular complexity index is 378. The Labute approximate surface area is 103 Å². The van der Waals surface area contributed by atoms with Crippen LogP contribution in [0.5, 0.6) is 0 Å². The second-order valence-corrected chi connectivity index (χ2v) is 5.04. The molecule has 0 spiro atoms. The number of aryl methyl sites for hydroxylation is 2. The highest BCUT2D eigenvalue weighted by molar-refractivity contribution is 5.35. The van der Waals surface area contributed by atoms with Crippen LogP contribution in [0, 0.1) is 0 Å². The molecule has 0 heterocycles. The first-order valence-electron chi connectivity index (χ1n) is 6.36. The normalized spacial score (nSPS) is 16.2. The third-order valence-electron chi connectivity index (χ3n) is 3.41. The summed E-state index contributed by atoms with van der Waals surface area (Å²) in [6, 6.07) is 6.77. The van der Waals surface area contributed by atoms with Crippen LogP contribution in [0.2, 0.25) is 0 Å². The second kappa shape index (κ2) is 5.63. The van der Waals surface area contributed by atoms with E-state index in [4.69, 9.17) is 5.73 Å². The predicted molar refractivity (Wildman–Crippen MR) is 69.9 cm³/mol. The van der Waals surface area contributed by atoms with Gasteiger partial charge in [0.05, 0.1) is 6.10 Å². The molecule has 1 aliphatic carbocycles. The average molecular weight is 234 g/mol. The van der Waals surface area contributed by atoms with E-state index in [1.54, 1.807) is 0 Å². The highest BCUT2D eigenvalue weighted by atomic mass is 16.3. The molecule has 3 nitrogen and oxygen atoms in total. The van der Waals surface area contributed by atoms with Gasteiger partial charge < -0.3 is 10.8 Å². The summed E-state index contributed by atoms with van der Waals surface area (Å²) in [5.74, 6) is 0. The van der Waals surface area contributed by atoms with E-state index in [9.17, 15) is 5.11 Å². The number of hydrogen-bond acceptors (Lipinski definition) is 3. The Morgan fingerprint density at radius 3 is 2.88 bits per heavy atom. The number of hydrogen-bond donors (Lipinski definition) is 2. The van der Waals surface area contributed by atoms with Crippen molar-refractivity contribution in [1.29, 1.82) is 0 Å². The molecule has 17 heavy (non-hydrogen) atoms. The maximum Gasteiger partial charge on any atom is 0.0789 e. The number of fused-ring (bicyclic) bond motifs is 1. The van der Waals surface area contributed by atoms with Crippen LogP contribution in [0.1, 0.15) is 23.1 Å². The van der Waals surface area contributed by atoms with Crippen molar-refractivity contribution in [2.75, 3.05) is 20.1 Å². The molecule has 0 bridgehead atoms. The minimum Gasteiger partial charge on any atom is -0.390 e. The molecule has 1 aromatic carbocycles. The molecule has 1 unspecified atom stereocenters. The summed E-state index contributed by atoms with van der Waals surface area (Å²) in [6.07, 6.45) is 3.32. The van der Waals surface area contributed by atoms with Crippen molar-refractivity contribution >= 4 is 0 Å². The third-order valence-corrected chi connectivity index (χ3v) is 3.41. The minimum absolute atomic E-state index is 0.328. The summed E-state index contributed by atoms with van der Waals surface area (Å²) < 4.78 is 0. The summed E-state index contributed by atoms with van der Waals surface area (Å²) in [6.45, 7) is 1.84. The van der Waals surface area contributed by atoms with Gasteiger partial charge in [0, 0.05) is 19.6 Å². The van der Waals surface area contributed by atoms with E-state index in [-0.39, 0.29) is 0 Å². The SMILES string of the molecule is CN(Cc1ccc2c(c1)CCC2)CC(O)CN. The summed E-state index contributed by atoms with van der Waals surface area (Å²) in [4.78, 5) is 2.12. The van der Waals surface area contributed by atoms with Crippen LogP contribution in [0.4, 0.5) is 0 Å². The monoisotopic (exact) mass is 234 g/mol. The van der Waals surface area contributed by atoms with Crippen molar-refractivity contribution in [2.45, 2.75) is 31.9 Å². The van der Waals surface area contributed by atoms with Gasteiger partial charge >= 0.3 is 0 Å². The Balaban J connectivity index is 1.94. The van der Waals surface area contributed by atoms with Crippen molar-refractivity contribution in [3.8, 4) is 0 Å². The summed E-state index contributed by atoms with van der Waals surface area (Å²) >= 11 is 0. The minimum atomic E-state index is -0.422. The van der Waals surface area contributed by atoms with Crippen LogP contribution >= 0.6 is 0 Å². The van der Waals surface area contributed by atoms with Crippen molar-refractivity contribution in [3.63, 3.8) is 0 Å². The van der Waals surface area contributed by atoms with Gasteiger partial charge in [-0.2, -0.15) is 0 Å². The predicted octanol–water partition coefficient (Wildman–Crippen LogP) is 0.927. The quantitative estimate of drug-likeness (QED) is 0.797. The molecule has 3 N–H and O–H groups in total. The number of benzene rings is 1. The molecular weight excluding hydrogens is 212 g/mol. The maximum atomic E-state index is 9.49. The Morgan fingerprint density at radius 2 is 2.12 bits per heavy atom. The van der Waals surface area contributed by atoms with Crippen molar-refractivity contribution in [2.24, 2.45) is 5.73 Å². The molecule has 0 radical (unpaired) electrons. The van der Waals surface area contributed by atoms with E-state index < -0.39 is 6.10 Å². The summed E-state index contributed by atoms with van der Waals surface area (Å²) in [5, 5.41) is 9.49. The first kappa shape index (κ1) is 12.6. The van der Waals surface area contributed by atoms with E-state index >= 15 is 0 Å². The van der Waals surface area contributed by atoms with Gasteiger partial charge in [0.2, 0.25) is 0 Å². The smallest absolute Gasteiger partial charge is 0.0789 e.